The Morgan fingerprint density at radius 1 is 0.815 bits per heavy atom. The molecule has 0 radical (unpaired) electrons. The number of nitrogens with zero attached hydrogens (tertiary/aromatic N) is 1. The first-order chi connectivity index (χ1) is 13.2. The van der Waals surface area contributed by atoms with Gasteiger partial charge in [0.05, 0.1) is 21.3 Å². The van der Waals surface area contributed by atoms with E-state index in [1.807, 2.05) is 30.3 Å². The van der Waals surface area contributed by atoms with Gasteiger partial charge in [-0.05, 0) is 48.2 Å². The largest absolute Gasteiger partial charge is 0.497 e. The molecule has 0 unspecified atom stereocenters. The lowest BCUT2D eigenvalue weighted by atomic mass is 10.1. The molecule has 2 rings (SSSR count). The van der Waals surface area contributed by atoms with E-state index in [4.69, 9.17) is 14.2 Å². The lowest BCUT2D eigenvalue weighted by Gasteiger charge is -2.13. The maximum absolute atomic E-state index is 5.35. The number of aliphatic imine (C=N–C) groups is 1. The van der Waals surface area contributed by atoms with E-state index in [0.29, 0.717) is 0 Å². The summed E-state index contributed by atoms with van der Waals surface area (Å²) in [6.07, 6.45) is 1.75. The fourth-order valence-corrected chi connectivity index (χ4v) is 2.74. The predicted molar refractivity (Wildman–Crippen MR) is 109 cm³/mol. The van der Waals surface area contributed by atoms with E-state index in [1.54, 1.807) is 28.4 Å². The lowest BCUT2D eigenvalue weighted by Crippen LogP contribution is -2.39. The lowest BCUT2D eigenvalue weighted by molar-refractivity contribution is 0.354. The molecule has 0 fully saturated rings. The van der Waals surface area contributed by atoms with Crippen molar-refractivity contribution in [2.45, 2.75) is 12.8 Å². The fourth-order valence-electron chi connectivity index (χ4n) is 2.74. The molecule has 0 saturated heterocycles. The molecule has 2 N–H and O–H groups in total. The zero-order valence-electron chi connectivity index (χ0n) is 16.5. The molecule has 0 amide bonds. The van der Waals surface area contributed by atoms with E-state index >= 15 is 0 Å². The minimum absolute atomic E-state index is 0.740. The smallest absolute Gasteiger partial charge is 0.190 e. The third kappa shape index (κ3) is 6.40. The van der Waals surface area contributed by atoms with Gasteiger partial charge in [-0.25, -0.2) is 0 Å². The maximum atomic E-state index is 5.35. The number of methoxy groups -OCH3 is 3. The summed E-state index contributed by atoms with van der Waals surface area (Å²) in [7, 11) is 6.74. The number of hydrogen-bond donors (Lipinski definition) is 2. The Bertz CT molecular complexity index is 747. The van der Waals surface area contributed by atoms with Gasteiger partial charge < -0.3 is 24.8 Å². The van der Waals surface area contributed by atoms with Gasteiger partial charge in [0.2, 0.25) is 0 Å². The summed E-state index contributed by atoms with van der Waals surface area (Å²) in [6, 6.07) is 14.1. The van der Waals surface area contributed by atoms with Crippen molar-refractivity contribution in [1.82, 2.24) is 10.6 Å². The second-order valence-corrected chi connectivity index (χ2v) is 5.97. The van der Waals surface area contributed by atoms with E-state index in [1.165, 1.54) is 11.1 Å². The number of nitrogens with one attached hydrogen (secondary N) is 2. The van der Waals surface area contributed by atoms with Gasteiger partial charge >= 0.3 is 0 Å². The molecule has 0 bridgehead atoms. The topological polar surface area (TPSA) is 64.1 Å². The Morgan fingerprint density at radius 3 is 2.07 bits per heavy atom. The highest BCUT2D eigenvalue weighted by Crippen LogP contribution is 2.27. The summed E-state index contributed by atoms with van der Waals surface area (Å²) >= 11 is 0. The molecule has 27 heavy (non-hydrogen) atoms. The van der Waals surface area contributed by atoms with Crippen molar-refractivity contribution in [3.8, 4) is 17.2 Å². The van der Waals surface area contributed by atoms with Crippen LogP contribution in [0.3, 0.4) is 0 Å². The molecule has 0 saturated carbocycles. The molecule has 0 aliphatic heterocycles. The Kier molecular flexibility index (Phi) is 8.29. The maximum Gasteiger partial charge on any atom is 0.190 e. The van der Waals surface area contributed by atoms with Gasteiger partial charge in [0.1, 0.15) is 5.75 Å². The first-order valence-corrected chi connectivity index (χ1v) is 8.98. The quantitative estimate of drug-likeness (QED) is 0.524. The van der Waals surface area contributed by atoms with Gasteiger partial charge in [0.25, 0.3) is 0 Å². The molecule has 146 valence electrons. The van der Waals surface area contributed by atoms with Gasteiger partial charge in [-0.2, -0.15) is 0 Å². The highest BCUT2D eigenvalue weighted by molar-refractivity contribution is 5.79. The van der Waals surface area contributed by atoms with E-state index in [2.05, 4.69) is 27.8 Å². The molecular weight excluding hydrogens is 342 g/mol. The molecule has 2 aromatic carbocycles. The van der Waals surface area contributed by atoms with Crippen LogP contribution < -0.4 is 24.8 Å². The van der Waals surface area contributed by atoms with Crippen LogP contribution in [0, 0.1) is 0 Å². The van der Waals surface area contributed by atoms with Gasteiger partial charge in [-0.3, -0.25) is 4.99 Å². The van der Waals surface area contributed by atoms with Crippen molar-refractivity contribution in [3.05, 3.63) is 53.6 Å². The average molecular weight is 371 g/mol. The number of ether oxygens (including phenoxy) is 3. The van der Waals surface area contributed by atoms with Crippen LogP contribution in [0.5, 0.6) is 17.2 Å². The van der Waals surface area contributed by atoms with Gasteiger partial charge in [-0.1, -0.05) is 18.2 Å². The summed E-state index contributed by atoms with van der Waals surface area (Å²) in [5, 5.41) is 6.67. The number of guanidine groups is 1. The molecule has 6 nitrogen and oxygen atoms in total. The number of rotatable bonds is 9. The molecule has 0 heterocycles. The van der Waals surface area contributed by atoms with Gasteiger partial charge in [0, 0.05) is 20.1 Å². The Labute approximate surface area is 161 Å². The van der Waals surface area contributed by atoms with Crippen molar-refractivity contribution in [1.29, 1.82) is 0 Å². The van der Waals surface area contributed by atoms with Gasteiger partial charge in [-0.15, -0.1) is 0 Å². The highest BCUT2D eigenvalue weighted by atomic mass is 16.5. The van der Waals surface area contributed by atoms with Gasteiger partial charge in [0.15, 0.2) is 17.5 Å². The highest BCUT2D eigenvalue weighted by Gasteiger charge is 2.05. The minimum Gasteiger partial charge on any atom is -0.497 e. The van der Waals surface area contributed by atoms with Crippen LogP contribution in [-0.4, -0.2) is 47.4 Å². The molecule has 0 aromatic heterocycles. The zero-order valence-corrected chi connectivity index (χ0v) is 16.5. The van der Waals surface area contributed by atoms with Crippen LogP contribution in [0.4, 0.5) is 0 Å². The summed E-state index contributed by atoms with van der Waals surface area (Å²) in [5.41, 5.74) is 2.40. The third-order valence-electron chi connectivity index (χ3n) is 4.22. The van der Waals surface area contributed by atoms with E-state index < -0.39 is 0 Å². The molecule has 0 aliphatic rings. The molecule has 0 aliphatic carbocycles. The zero-order chi connectivity index (χ0) is 19.5. The second-order valence-electron chi connectivity index (χ2n) is 5.97. The summed E-state index contributed by atoms with van der Waals surface area (Å²) in [5.74, 6) is 3.16. The molecular formula is C21H29N3O3. The second kappa shape index (κ2) is 11.0. The van der Waals surface area contributed by atoms with Crippen molar-refractivity contribution in [2.75, 3.05) is 41.5 Å². The number of hydrogen-bond acceptors (Lipinski definition) is 4. The van der Waals surface area contributed by atoms with E-state index in [9.17, 15) is 0 Å². The van der Waals surface area contributed by atoms with Crippen molar-refractivity contribution >= 4 is 5.96 Å². The molecule has 0 atom stereocenters. The van der Waals surface area contributed by atoms with Crippen LogP contribution in [0.2, 0.25) is 0 Å². The molecule has 0 spiro atoms. The van der Waals surface area contributed by atoms with Crippen molar-refractivity contribution in [2.24, 2.45) is 4.99 Å². The summed E-state index contributed by atoms with van der Waals surface area (Å²) in [6.45, 7) is 1.57. The Morgan fingerprint density at radius 2 is 1.48 bits per heavy atom. The molecule has 6 heteroatoms. The van der Waals surface area contributed by atoms with Crippen LogP contribution in [0.15, 0.2) is 47.5 Å². The first-order valence-electron chi connectivity index (χ1n) is 8.98. The first kappa shape index (κ1) is 20.4. The predicted octanol–water partition coefficient (Wildman–Crippen LogP) is 2.66. The Balaban J connectivity index is 1.77. The average Bonchev–Trinajstić information content (AvgIpc) is 2.72. The number of benzene rings is 2. The normalized spacial score (nSPS) is 11.0. The summed E-state index contributed by atoms with van der Waals surface area (Å²) in [4.78, 5) is 4.27. The monoisotopic (exact) mass is 371 g/mol. The third-order valence-corrected chi connectivity index (χ3v) is 4.22. The van der Waals surface area contributed by atoms with E-state index in [0.717, 1.165) is 49.1 Å². The van der Waals surface area contributed by atoms with Crippen LogP contribution >= 0.6 is 0 Å². The minimum atomic E-state index is 0.740. The SMILES string of the molecule is CN=C(NCCc1cccc(OC)c1)NCCc1ccc(OC)c(OC)c1. The van der Waals surface area contributed by atoms with Crippen LogP contribution in [0.25, 0.3) is 0 Å². The van der Waals surface area contributed by atoms with Crippen molar-refractivity contribution < 1.29 is 14.2 Å². The summed E-state index contributed by atoms with van der Waals surface area (Å²) < 4.78 is 15.9. The van der Waals surface area contributed by atoms with Crippen molar-refractivity contribution in [3.63, 3.8) is 0 Å². The fraction of sp³-hybridized carbons (Fsp3) is 0.381. The Hall–Kier alpha value is -2.89. The molecule has 2 aromatic rings. The standard InChI is InChI=1S/C21H29N3O3/c1-22-21(23-12-10-16-6-5-7-18(14-16)25-2)24-13-11-17-8-9-19(26-3)20(15-17)27-4/h5-9,14-15H,10-13H2,1-4H3,(H2,22,23,24). The van der Waals surface area contributed by atoms with Crippen LogP contribution in [-0.2, 0) is 12.8 Å². The van der Waals surface area contributed by atoms with Crippen LogP contribution in [0.1, 0.15) is 11.1 Å². The van der Waals surface area contributed by atoms with E-state index in [-0.39, 0.29) is 0 Å².